The summed E-state index contributed by atoms with van der Waals surface area (Å²) in [5.41, 5.74) is 0.995. The third kappa shape index (κ3) is 7.79. The Morgan fingerprint density at radius 2 is 1.86 bits per heavy atom. The molecule has 1 aromatic heterocycles. The molecule has 2 aromatic carbocycles. The summed E-state index contributed by atoms with van der Waals surface area (Å²) in [6.45, 7) is 1.12. The Balaban J connectivity index is 1.87. The summed E-state index contributed by atoms with van der Waals surface area (Å²) in [4.78, 5) is 14.7. The van der Waals surface area contributed by atoms with E-state index in [0.29, 0.717) is 12.2 Å². The number of ether oxygens (including phenoxy) is 3. The number of hydrogen-bond donors (Lipinski definition) is 1. The molecule has 37 heavy (non-hydrogen) atoms. The van der Waals surface area contributed by atoms with Crippen molar-refractivity contribution < 1.29 is 32.2 Å². The fourth-order valence-corrected chi connectivity index (χ4v) is 3.73. The Labute approximate surface area is 216 Å². The monoisotopic (exact) mass is 531 g/mol. The molecule has 1 heterocycles. The molecule has 7 nitrogen and oxygen atoms in total. The number of carbonyl (C=O) groups is 1. The molecule has 1 unspecified atom stereocenters. The lowest BCUT2D eigenvalue weighted by Crippen LogP contribution is -2.38. The number of thioether (sulfide) groups is 1. The number of nitrogens with zero attached hydrogens (tertiary/aromatic N) is 2. The van der Waals surface area contributed by atoms with E-state index >= 15 is 4.39 Å². The Morgan fingerprint density at radius 3 is 2.54 bits per heavy atom. The second kappa shape index (κ2) is 13.4. The molecule has 0 saturated heterocycles. The molecule has 0 aliphatic carbocycles. The van der Waals surface area contributed by atoms with E-state index in [1.807, 2.05) is 42.7 Å². The Morgan fingerprint density at radius 1 is 1.11 bits per heavy atom. The van der Waals surface area contributed by atoms with Gasteiger partial charge in [-0.3, -0.25) is 4.79 Å². The molecule has 0 aliphatic rings. The molecule has 3 rings (SSSR count). The van der Waals surface area contributed by atoms with Crippen molar-refractivity contribution in [2.75, 3.05) is 18.6 Å². The molecular weight excluding hydrogens is 507 g/mol. The van der Waals surface area contributed by atoms with Crippen molar-refractivity contribution >= 4 is 17.7 Å². The van der Waals surface area contributed by atoms with Crippen molar-refractivity contribution in [3.63, 3.8) is 0 Å². The van der Waals surface area contributed by atoms with Crippen LogP contribution in [0.25, 0.3) is 0 Å². The maximum atomic E-state index is 15.2. The van der Waals surface area contributed by atoms with Crippen molar-refractivity contribution in [2.24, 2.45) is 0 Å². The minimum atomic E-state index is -1.64. The smallest absolute Gasteiger partial charge is 0.262 e. The van der Waals surface area contributed by atoms with Crippen LogP contribution in [0.1, 0.15) is 24.5 Å². The quantitative estimate of drug-likeness (QED) is 0.314. The number of rotatable bonds is 12. The van der Waals surface area contributed by atoms with Crippen LogP contribution in [-0.4, -0.2) is 35.5 Å². The second-order valence-corrected chi connectivity index (χ2v) is 8.79. The first-order valence-electron chi connectivity index (χ1n) is 11.1. The van der Waals surface area contributed by atoms with Crippen LogP contribution in [0, 0.1) is 28.9 Å². The molecule has 1 atom stereocenters. The molecule has 1 N–H and O–H groups in total. The molecule has 1 amide bonds. The van der Waals surface area contributed by atoms with Gasteiger partial charge in [0.15, 0.2) is 11.5 Å². The summed E-state index contributed by atoms with van der Waals surface area (Å²) in [7, 11) is 0. The Kier molecular flexibility index (Phi) is 10.0. The molecule has 0 fully saturated rings. The maximum absolute atomic E-state index is 15.2. The largest absolute Gasteiger partial charge is 0.485 e. The number of halogens is 3. The average Bonchev–Trinajstić information content (AvgIpc) is 2.89. The topological polar surface area (TPSA) is 93.5 Å². The average molecular weight is 532 g/mol. The van der Waals surface area contributed by atoms with Crippen molar-refractivity contribution in [1.29, 1.82) is 5.26 Å². The van der Waals surface area contributed by atoms with Gasteiger partial charge >= 0.3 is 0 Å². The highest BCUT2D eigenvalue weighted by atomic mass is 32.2. The predicted molar refractivity (Wildman–Crippen MR) is 132 cm³/mol. The van der Waals surface area contributed by atoms with Crippen LogP contribution in [0.4, 0.5) is 13.2 Å². The summed E-state index contributed by atoms with van der Waals surface area (Å²) in [5.74, 6) is -6.31. The first kappa shape index (κ1) is 27.7. The highest BCUT2D eigenvalue weighted by Crippen LogP contribution is 2.37. The molecule has 0 spiro atoms. The molecular formula is C26H24F3N3O4S. The summed E-state index contributed by atoms with van der Waals surface area (Å²) < 4.78 is 60.4. The molecule has 194 valence electrons. The minimum absolute atomic E-state index is 0.124. The summed E-state index contributed by atoms with van der Waals surface area (Å²) in [6.07, 6.45) is 2.33. The number of pyridine rings is 1. The van der Waals surface area contributed by atoms with Gasteiger partial charge in [-0.05, 0) is 36.1 Å². The van der Waals surface area contributed by atoms with E-state index in [2.05, 4.69) is 10.3 Å². The molecule has 11 heteroatoms. The summed E-state index contributed by atoms with van der Waals surface area (Å²) >= 11 is 1.52. The van der Waals surface area contributed by atoms with Crippen LogP contribution >= 0.6 is 11.8 Å². The van der Waals surface area contributed by atoms with Gasteiger partial charge in [0.05, 0.1) is 17.7 Å². The zero-order chi connectivity index (χ0) is 26.8. The van der Waals surface area contributed by atoms with Crippen molar-refractivity contribution in [3.8, 4) is 29.2 Å². The van der Waals surface area contributed by atoms with Crippen LogP contribution < -0.4 is 19.5 Å². The van der Waals surface area contributed by atoms with Gasteiger partial charge in [0.1, 0.15) is 13.2 Å². The standard InChI is InChI=1S/C26H24F3N3O4S/c1-16(33)31-19(10-11-37-2)15-35-24-22(27)25(29)32-26(23(24)28)36-21-12-18(13-30)8-9-20(21)34-14-17-6-4-3-5-7-17/h3-9,12,19H,10-11,14-15H2,1-2H3,(H,31,33). The Bertz CT molecular complexity index is 1270. The highest BCUT2D eigenvalue weighted by Gasteiger charge is 2.26. The van der Waals surface area contributed by atoms with E-state index in [-0.39, 0.29) is 36.2 Å². The van der Waals surface area contributed by atoms with E-state index in [1.165, 1.54) is 36.9 Å². The number of amides is 1. The van der Waals surface area contributed by atoms with Gasteiger partial charge in [0.25, 0.3) is 11.8 Å². The lowest BCUT2D eigenvalue weighted by Gasteiger charge is -2.19. The number of nitriles is 1. The molecule has 0 aliphatic heterocycles. The fraction of sp³-hybridized carbons (Fsp3) is 0.269. The maximum Gasteiger partial charge on any atom is 0.262 e. The van der Waals surface area contributed by atoms with Crippen LogP contribution in [0.3, 0.4) is 0 Å². The van der Waals surface area contributed by atoms with E-state index < -0.39 is 35.3 Å². The summed E-state index contributed by atoms with van der Waals surface area (Å²) in [6, 6.07) is 14.7. The SMILES string of the molecule is CSCCC(COc1c(F)c(F)nc(Oc2cc(C#N)ccc2OCc2ccccc2)c1F)NC(C)=O. The first-order valence-corrected chi connectivity index (χ1v) is 12.5. The number of nitrogens with one attached hydrogen (secondary N) is 1. The first-order chi connectivity index (χ1) is 17.8. The van der Waals surface area contributed by atoms with E-state index in [1.54, 1.807) is 0 Å². The predicted octanol–water partition coefficient (Wildman–Crippen LogP) is 5.38. The van der Waals surface area contributed by atoms with Gasteiger partial charge in [0, 0.05) is 13.0 Å². The molecule has 0 radical (unpaired) electrons. The summed E-state index contributed by atoms with van der Waals surface area (Å²) in [5, 5.41) is 11.9. The fourth-order valence-electron chi connectivity index (χ4n) is 3.21. The lowest BCUT2D eigenvalue weighted by atomic mass is 10.2. The van der Waals surface area contributed by atoms with Crippen molar-refractivity contribution in [2.45, 2.75) is 26.0 Å². The third-order valence-corrected chi connectivity index (χ3v) is 5.63. The minimum Gasteiger partial charge on any atom is -0.485 e. The van der Waals surface area contributed by atoms with Gasteiger partial charge in [-0.2, -0.15) is 35.2 Å². The van der Waals surface area contributed by atoms with Crippen molar-refractivity contribution in [3.05, 3.63) is 77.2 Å². The number of aromatic nitrogens is 1. The zero-order valence-corrected chi connectivity index (χ0v) is 20.9. The van der Waals surface area contributed by atoms with Crippen molar-refractivity contribution in [1.82, 2.24) is 10.3 Å². The van der Waals surface area contributed by atoms with Gasteiger partial charge in [0.2, 0.25) is 23.3 Å². The van der Waals surface area contributed by atoms with Crippen LogP contribution in [0.2, 0.25) is 0 Å². The number of hydrogen-bond acceptors (Lipinski definition) is 7. The van der Waals surface area contributed by atoms with Gasteiger partial charge in [-0.15, -0.1) is 0 Å². The number of benzene rings is 2. The van der Waals surface area contributed by atoms with Gasteiger partial charge < -0.3 is 19.5 Å². The van der Waals surface area contributed by atoms with E-state index in [9.17, 15) is 18.8 Å². The van der Waals surface area contributed by atoms with Crippen LogP contribution in [0.15, 0.2) is 48.5 Å². The van der Waals surface area contributed by atoms with E-state index in [4.69, 9.17) is 14.2 Å². The highest BCUT2D eigenvalue weighted by molar-refractivity contribution is 7.98. The van der Waals surface area contributed by atoms with Crippen LogP contribution in [0.5, 0.6) is 23.1 Å². The van der Waals surface area contributed by atoms with Gasteiger partial charge in [-0.25, -0.2) is 0 Å². The van der Waals surface area contributed by atoms with Gasteiger partial charge in [-0.1, -0.05) is 30.3 Å². The zero-order valence-electron chi connectivity index (χ0n) is 20.1. The van der Waals surface area contributed by atoms with E-state index in [0.717, 1.165) is 5.56 Å². The molecule has 0 saturated carbocycles. The molecule has 0 bridgehead atoms. The lowest BCUT2D eigenvalue weighted by molar-refractivity contribution is -0.119. The Hall–Kier alpha value is -3.91. The molecule has 3 aromatic rings. The number of carbonyl (C=O) groups excluding carboxylic acids is 1. The normalized spacial score (nSPS) is 11.4. The second-order valence-electron chi connectivity index (χ2n) is 7.80. The third-order valence-electron chi connectivity index (χ3n) is 4.99. The van der Waals surface area contributed by atoms with Crippen LogP contribution in [-0.2, 0) is 11.4 Å².